The number of hydrogen-bond acceptors (Lipinski definition) is 3. The van der Waals surface area contributed by atoms with E-state index in [-0.39, 0.29) is 17.8 Å². The second-order valence-electron chi connectivity index (χ2n) is 5.11. The van der Waals surface area contributed by atoms with Crippen LogP contribution in [0, 0.1) is 18.7 Å². The highest BCUT2D eigenvalue weighted by Crippen LogP contribution is 2.33. The zero-order valence-electron chi connectivity index (χ0n) is 11.4. The zero-order valence-corrected chi connectivity index (χ0v) is 11.4. The Morgan fingerprint density at radius 2 is 2.26 bits per heavy atom. The third-order valence-corrected chi connectivity index (χ3v) is 3.61. The van der Waals surface area contributed by atoms with E-state index in [1.54, 1.807) is 6.07 Å². The summed E-state index contributed by atoms with van der Waals surface area (Å²) in [6.45, 7) is 2.60. The Labute approximate surface area is 113 Å². The van der Waals surface area contributed by atoms with Gasteiger partial charge in [0.1, 0.15) is 11.9 Å². The molecule has 1 aliphatic rings. The van der Waals surface area contributed by atoms with E-state index < -0.39 is 0 Å². The highest BCUT2D eigenvalue weighted by atomic mass is 19.1. The van der Waals surface area contributed by atoms with Gasteiger partial charge in [-0.15, -0.1) is 0 Å². The highest BCUT2D eigenvalue weighted by Gasteiger charge is 2.36. The summed E-state index contributed by atoms with van der Waals surface area (Å²) in [7, 11) is 1.42. The van der Waals surface area contributed by atoms with Crippen LogP contribution < -0.4 is 5.32 Å². The standard InChI is InChI=1S/C15H20FNO2/c1-10-9-13(16)6-5-11(10)7-8-17-14(12-3-4-12)15(18)19-2/h5-6,9,12,14,17H,3-4,7-8H2,1-2H3. The van der Waals surface area contributed by atoms with Crippen molar-refractivity contribution < 1.29 is 13.9 Å². The van der Waals surface area contributed by atoms with Crippen molar-refractivity contribution in [3.05, 3.63) is 35.1 Å². The molecule has 0 aromatic heterocycles. The van der Waals surface area contributed by atoms with Crippen molar-refractivity contribution in [2.45, 2.75) is 32.2 Å². The molecular formula is C15H20FNO2. The van der Waals surface area contributed by atoms with E-state index in [0.717, 1.165) is 30.4 Å². The van der Waals surface area contributed by atoms with Gasteiger partial charge in [-0.1, -0.05) is 6.07 Å². The maximum atomic E-state index is 13.0. The molecule has 1 fully saturated rings. The molecule has 1 aromatic rings. The minimum atomic E-state index is -0.209. The Bertz CT molecular complexity index is 457. The predicted octanol–water partition coefficient (Wildman–Crippen LogP) is 2.22. The number of carbonyl (C=O) groups is 1. The fourth-order valence-corrected chi connectivity index (χ4v) is 2.30. The van der Waals surface area contributed by atoms with Crippen LogP contribution >= 0.6 is 0 Å². The van der Waals surface area contributed by atoms with Gasteiger partial charge in [0.05, 0.1) is 7.11 Å². The fourth-order valence-electron chi connectivity index (χ4n) is 2.30. The Morgan fingerprint density at radius 3 is 2.84 bits per heavy atom. The van der Waals surface area contributed by atoms with E-state index in [1.165, 1.54) is 19.2 Å². The molecule has 1 aromatic carbocycles. The lowest BCUT2D eigenvalue weighted by molar-refractivity contribution is -0.143. The highest BCUT2D eigenvalue weighted by molar-refractivity contribution is 5.76. The van der Waals surface area contributed by atoms with Crippen molar-refractivity contribution in [3.63, 3.8) is 0 Å². The van der Waals surface area contributed by atoms with E-state index in [0.29, 0.717) is 12.5 Å². The number of ether oxygens (including phenoxy) is 1. The van der Waals surface area contributed by atoms with Gasteiger partial charge in [0.15, 0.2) is 0 Å². The molecule has 0 bridgehead atoms. The summed E-state index contributed by atoms with van der Waals surface area (Å²) < 4.78 is 17.8. The summed E-state index contributed by atoms with van der Waals surface area (Å²) in [6.07, 6.45) is 2.96. The van der Waals surface area contributed by atoms with Crippen LogP contribution in [0.3, 0.4) is 0 Å². The Kier molecular flexibility index (Phi) is 4.53. The molecule has 0 radical (unpaired) electrons. The molecule has 1 aliphatic carbocycles. The summed E-state index contributed by atoms with van der Waals surface area (Å²) in [4.78, 5) is 11.6. The number of carbonyl (C=O) groups excluding carboxylic acids is 1. The molecule has 0 aliphatic heterocycles. The van der Waals surface area contributed by atoms with Crippen molar-refractivity contribution in [3.8, 4) is 0 Å². The number of benzene rings is 1. The van der Waals surface area contributed by atoms with Gasteiger partial charge >= 0.3 is 5.97 Å². The Hall–Kier alpha value is -1.42. The van der Waals surface area contributed by atoms with Crippen LogP contribution in [-0.2, 0) is 16.0 Å². The summed E-state index contributed by atoms with van der Waals surface area (Å²) >= 11 is 0. The minimum absolute atomic E-state index is 0.182. The molecule has 0 saturated heterocycles. The minimum Gasteiger partial charge on any atom is -0.468 e. The van der Waals surface area contributed by atoms with Gasteiger partial charge in [0, 0.05) is 0 Å². The molecule has 4 heteroatoms. The number of esters is 1. The van der Waals surface area contributed by atoms with Crippen molar-refractivity contribution in [2.24, 2.45) is 5.92 Å². The normalized spacial score (nSPS) is 16.2. The molecule has 3 nitrogen and oxygen atoms in total. The monoisotopic (exact) mass is 265 g/mol. The molecule has 1 N–H and O–H groups in total. The molecule has 2 rings (SSSR count). The summed E-state index contributed by atoms with van der Waals surface area (Å²) in [6, 6.07) is 4.62. The van der Waals surface area contributed by atoms with E-state index in [2.05, 4.69) is 5.32 Å². The third-order valence-electron chi connectivity index (χ3n) is 3.61. The second-order valence-corrected chi connectivity index (χ2v) is 5.11. The lowest BCUT2D eigenvalue weighted by Gasteiger charge is -2.16. The number of methoxy groups -OCH3 is 1. The van der Waals surface area contributed by atoms with E-state index in [9.17, 15) is 9.18 Å². The predicted molar refractivity (Wildman–Crippen MR) is 71.4 cm³/mol. The lowest BCUT2D eigenvalue weighted by atomic mass is 10.1. The summed E-state index contributed by atoms with van der Waals surface area (Å²) in [5.41, 5.74) is 2.05. The molecule has 1 saturated carbocycles. The molecule has 19 heavy (non-hydrogen) atoms. The Balaban J connectivity index is 1.86. The quantitative estimate of drug-likeness (QED) is 0.801. The number of rotatable bonds is 6. The van der Waals surface area contributed by atoms with Gasteiger partial charge < -0.3 is 10.1 Å². The number of halogens is 1. The SMILES string of the molecule is COC(=O)C(NCCc1ccc(F)cc1C)C1CC1. The van der Waals surface area contributed by atoms with Crippen LogP contribution in [0.4, 0.5) is 4.39 Å². The molecular weight excluding hydrogens is 245 g/mol. The first-order valence-electron chi connectivity index (χ1n) is 6.68. The van der Waals surface area contributed by atoms with E-state index in [1.807, 2.05) is 6.92 Å². The average Bonchev–Trinajstić information content (AvgIpc) is 3.20. The van der Waals surface area contributed by atoms with E-state index >= 15 is 0 Å². The molecule has 0 amide bonds. The topological polar surface area (TPSA) is 38.3 Å². The Morgan fingerprint density at radius 1 is 1.53 bits per heavy atom. The first-order valence-corrected chi connectivity index (χ1v) is 6.68. The largest absolute Gasteiger partial charge is 0.468 e. The molecule has 1 atom stereocenters. The summed E-state index contributed by atoms with van der Waals surface area (Å²) in [5.74, 6) is 0.0275. The first kappa shape index (κ1) is 14.0. The van der Waals surface area contributed by atoms with Gasteiger partial charge in [-0.25, -0.2) is 4.39 Å². The van der Waals surface area contributed by atoms with Crippen LogP contribution in [0.1, 0.15) is 24.0 Å². The van der Waals surface area contributed by atoms with Crippen LogP contribution in [0.5, 0.6) is 0 Å². The van der Waals surface area contributed by atoms with Crippen LogP contribution in [0.15, 0.2) is 18.2 Å². The average molecular weight is 265 g/mol. The van der Waals surface area contributed by atoms with Crippen LogP contribution in [-0.4, -0.2) is 25.7 Å². The van der Waals surface area contributed by atoms with Crippen LogP contribution in [0.25, 0.3) is 0 Å². The third kappa shape index (κ3) is 3.77. The van der Waals surface area contributed by atoms with Gasteiger partial charge in [-0.05, 0) is 61.9 Å². The van der Waals surface area contributed by atoms with Gasteiger partial charge in [-0.2, -0.15) is 0 Å². The molecule has 104 valence electrons. The van der Waals surface area contributed by atoms with Crippen molar-refractivity contribution in [1.82, 2.24) is 5.32 Å². The smallest absolute Gasteiger partial charge is 0.323 e. The van der Waals surface area contributed by atoms with Gasteiger partial charge in [0.25, 0.3) is 0 Å². The lowest BCUT2D eigenvalue weighted by Crippen LogP contribution is -2.40. The van der Waals surface area contributed by atoms with Crippen LogP contribution in [0.2, 0.25) is 0 Å². The second kappa shape index (κ2) is 6.15. The molecule has 1 unspecified atom stereocenters. The number of hydrogen-bond donors (Lipinski definition) is 1. The number of aryl methyl sites for hydroxylation is 1. The van der Waals surface area contributed by atoms with Crippen molar-refractivity contribution in [2.75, 3.05) is 13.7 Å². The van der Waals surface area contributed by atoms with Gasteiger partial charge in [-0.3, -0.25) is 4.79 Å². The summed E-state index contributed by atoms with van der Waals surface area (Å²) in [5, 5.41) is 3.25. The molecule has 0 spiro atoms. The van der Waals surface area contributed by atoms with Gasteiger partial charge in [0.2, 0.25) is 0 Å². The maximum absolute atomic E-state index is 13.0. The first-order chi connectivity index (χ1) is 9.11. The fraction of sp³-hybridized carbons (Fsp3) is 0.533. The maximum Gasteiger partial charge on any atom is 0.323 e. The van der Waals surface area contributed by atoms with E-state index in [4.69, 9.17) is 4.74 Å². The zero-order chi connectivity index (χ0) is 13.8. The molecule has 0 heterocycles. The number of nitrogens with one attached hydrogen (secondary N) is 1. The van der Waals surface area contributed by atoms with Crippen molar-refractivity contribution >= 4 is 5.97 Å². The van der Waals surface area contributed by atoms with Crippen molar-refractivity contribution in [1.29, 1.82) is 0 Å².